The lowest BCUT2D eigenvalue weighted by molar-refractivity contribution is 0.0684. The number of aromatic nitrogens is 2. The second kappa shape index (κ2) is 3.07. The number of aromatic amines is 1. The molecular formula is C8H4N2O2S2. The van der Waals surface area contributed by atoms with Crippen LogP contribution in [0.2, 0.25) is 0 Å². The molecule has 0 aromatic carbocycles. The predicted octanol–water partition coefficient (Wildman–Crippen LogP) is 1.22. The summed E-state index contributed by atoms with van der Waals surface area (Å²) >= 11 is 9.97. The second-order valence-electron chi connectivity index (χ2n) is 2.68. The first-order chi connectivity index (χ1) is 6.59. The molecule has 0 saturated carbocycles. The van der Waals surface area contributed by atoms with Crippen molar-refractivity contribution in [2.45, 2.75) is 0 Å². The normalized spacial score (nSPS) is 14.3. The Morgan fingerprint density at radius 1 is 1.43 bits per heavy atom. The van der Waals surface area contributed by atoms with Crippen LogP contribution in [0, 0.1) is 0 Å². The average molecular weight is 224 g/mol. The smallest absolute Gasteiger partial charge is 0.371 e. The zero-order valence-electron chi connectivity index (χ0n) is 6.77. The van der Waals surface area contributed by atoms with Crippen LogP contribution < -0.4 is 0 Å². The quantitative estimate of drug-likeness (QED) is 0.702. The van der Waals surface area contributed by atoms with E-state index in [0.29, 0.717) is 21.1 Å². The van der Waals surface area contributed by atoms with Crippen LogP contribution in [-0.4, -0.2) is 30.8 Å². The number of thiocarbonyl (C=S) groups is 2. The number of hydrogen-bond acceptors (Lipinski definition) is 4. The monoisotopic (exact) mass is 224 g/mol. The summed E-state index contributed by atoms with van der Waals surface area (Å²) in [6, 6.07) is 0. The first-order valence-corrected chi connectivity index (χ1v) is 4.51. The van der Waals surface area contributed by atoms with Gasteiger partial charge in [-0.2, -0.15) is 0 Å². The van der Waals surface area contributed by atoms with Gasteiger partial charge in [-0.15, -0.1) is 0 Å². The summed E-state index contributed by atoms with van der Waals surface area (Å²) in [5.41, 5.74) is 1.05. The number of fused-ring (bicyclic) bond motifs is 1. The van der Waals surface area contributed by atoms with Gasteiger partial charge >= 0.3 is 5.97 Å². The third-order valence-corrected chi connectivity index (χ3v) is 2.66. The largest absolute Gasteiger partial charge is 0.475 e. The fourth-order valence-electron chi connectivity index (χ4n) is 1.13. The Morgan fingerprint density at radius 3 is 2.79 bits per heavy atom. The number of H-pyrrole nitrogens is 1. The number of carbonyl (C=O) groups is 1. The van der Waals surface area contributed by atoms with Crippen molar-refractivity contribution in [3.63, 3.8) is 0 Å². The Labute approximate surface area is 89.7 Å². The third kappa shape index (κ3) is 1.28. The highest BCUT2D eigenvalue weighted by Crippen LogP contribution is 2.16. The second-order valence-corrected chi connectivity index (χ2v) is 3.53. The van der Waals surface area contributed by atoms with Crippen molar-refractivity contribution in [2.75, 3.05) is 0 Å². The maximum atomic E-state index is 10.6. The Kier molecular flexibility index (Phi) is 2.01. The van der Waals surface area contributed by atoms with Gasteiger partial charge in [-0.3, -0.25) is 0 Å². The lowest BCUT2D eigenvalue weighted by atomic mass is 10.1. The van der Waals surface area contributed by atoms with Gasteiger partial charge < -0.3 is 10.1 Å². The van der Waals surface area contributed by atoms with Crippen molar-refractivity contribution < 1.29 is 9.90 Å². The van der Waals surface area contributed by atoms with Gasteiger partial charge in [0.05, 0.1) is 15.4 Å². The standard InChI is InChI=1S/C8H4N2O2S2/c11-8(12)7-9-3-1-2-4(13)6(14)5(3)10-7/h1-2H,(H,9,10)(H,11,12). The van der Waals surface area contributed by atoms with Crippen LogP contribution >= 0.6 is 24.4 Å². The van der Waals surface area contributed by atoms with E-state index in [0.717, 1.165) is 0 Å². The van der Waals surface area contributed by atoms with Gasteiger partial charge in [-0.05, 0) is 12.2 Å². The molecule has 0 spiro atoms. The van der Waals surface area contributed by atoms with E-state index in [1.807, 2.05) is 0 Å². The summed E-state index contributed by atoms with van der Waals surface area (Å²) in [4.78, 5) is 18.0. The maximum absolute atomic E-state index is 10.6. The molecule has 0 saturated heterocycles. The van der Waals surface area contributed by atoms with Gasteiger partial charge in [0.15, 0.2) is 0 Å². The van der Waals surface area contributed by atoms with Crippen molar-refractivity contribution >= 4 is 46.2 Å². The summed E-state index contributed by atoms with van der Waals surface area (Å²) in [6.45, 7) is 0. The number of carboxylic acids is 1. The van der Waals surface area contributed by atoms with Crippen LogP contribution in [0.15, 0.2) is 6.08 Å². The lowest BCUT2D eigenvalue weighted by Gasteiger charge is -2.04. The molecule has 0 fully saturated rings. The van der Waals surface area contributed by atoms with Crippen LogP contribution in [0.5, 0.6) is 0 Å². The summed E-state index contributed by atoms with van der Waals surface area (Å²) < 4.78 is 0. The minimum Gasteiger partial charge on any atom is -0.475 e. The number of carboxylic acid groups (broad SMARTS) is 1. The molecule has 0 radical (unpaired) electrons. The van der Waals surface area contributed by atoms with Gasteiger partial charge in [-0.25, -0.2) is 9.78 Å². The van der Waals surface area contributed by atoms with Crippen LogP contribution in [0.3, 0.4) is 0 Å². The molecular weight excluding hydrogens is 220 g/mol. The number of nitrogens with one attached hydrogen (secondary N) is 1. The fraction of sp³-hybridized carbons (Fsp3) is 0. The van der Waals surface area contributed by atoms with E-state index in [9.17, 15) is 4.79 Å². The molecule has 1 heterocycles. The van der Waals surface area contributed by atoms with E-state index >= 15 is 0 Å². The van der Waals surface area contributed by atoms with Gasteiger partial charge in [0.2, 0.25) is 5.82 Å². The van der Waals surface area contributed by atoms with Crippen LogP contribution in [0.1, 0.15) is 22.0 Å². The van der Waals surface area contributed by atoms with Crippen molar-refractivity contribution in [2.24, 2.45) is 0 Å². The van der Waals surface area contributed by atoms with Crippen LogP contribution in [0.4, 0.5) is 0 Å². The number of aromatic carboxylic acids is 1. The molecule has 1 aromatic heterocycles. The summed E-state index contributed by atoms with van der Waals surface area (Å²) in [5.74, 6) is -1.23. The maximum Gasteiger partial charge on any atom is 0.371 e. The van der Waals surface area contributed by atoms with Gasteiger partial charge in [0, 0.05) is 0 Å². The Bertz CT molecular complexity index is 488. The Morgan fingerprint density at radius 2 is 2.14 bits per heavy atom. The van der Waals surface area contributed by atoms with Gasteiger partial charge in [-0.1, -0.05) is 24.4 Å². The minimum atomic E-state index is -1.11. The highest BCUT2D eigenvalue weighted by Gasteiger charge is 2.20. The summed E-state index contributed by atoms with van der Waals surface area (Å²) in [5, 5.41) is 8.69. The third-order valence-electron chi connectivity index (χ3n) is 1.77. The molecule has 70 valence electrons. The topological polar surface area (TPSA) is 66.0 Å². The number of hydrogen-bond donors (Lipinski definition) is 2. The van der Waals surface area contributed by atoms with Gasteiger partial charge in [0.1, 0.15) is 5.69 Å². The number of imidazole rings is 1. The minimum absolute atomic E-state index is 0.119. The summed E-state index contributed by atoms with van der Waals surface area (Å²) in [7, 11) is 0. The molecule has 0 bridgehead atoms. The van der Waals surface area contributed by atoms with E-state index in [1.54, 1.807) is 12.2 Å². The Hall–Kier alpha value is -1.40. The van der Waals surface area contributed by atoms with E-state index in [4.69, 9.17) is 29.5 Å². The van der Waals surface area contributed by atoms with Crippen molar-refractivity contribution in [1.82, 2.24) is 9.97 Å². The fourth-order valence-corrected chi connectivity index (χ4v) is 1.52. The average Bonchev–Trinajstić information content (AvgIpc) is 2.56. The molecule has 2 N–H and O–H groups in total. The molecule has 6 heteroatoms. The highest BCUT2D eigenvalue weighted by atomic mass is 32.1. The van der Waals surface area contributed by atoms with E-state index in [2.05, 4.69) is 9.97 Å². The SMILES string of the molecule is O=C(O)c1nc2c([nH]1)C=CC(=S)C2=S. The number of rotatable bonds is 1. The molecule has 14 heavy (non-hydrogen) atoms. The van der Waals surface area contributed by atoms with Crippen molar-refractivity contribution in [3.8, 4) is 0 Å². The van der Waals surface area contributed by atoms with Gasteiger partial charge in [0.25, 0.3) is 0 Å². The molecule has 0 unspecified atom stereocenters. The van der Waals surface area contributed by atoms with Crippen LogP contribution in [0.25, 0.3) is 6.08 Å². The molecule has 0 amide bonds. The number of nitrogens with zero attached hydrogens (tertiary/aromatic N) is 1. The van der Waals surface area contributed by atoms with Crippen molar-refractivity contribution in [1.29, 1.82) is 0 Å². The molecule has 2 rings (SSSR count). The van der Waals surface area contributed by atoms with Crippen LogP contribution in [-0.2, 0) is 0 Å². The molecule has 0 aliphatic heterocycles. The zero-order chi connectivity index (χ0) is 10.3. The molecule has 4 nitrogen and oxygen atoms in total. The van der Waals surface area contributed by atoms with Crippen molar-refractivity contribution in [3.05, 3.63) is 23.3 Å². The van der Waals surface area contributed by atoms with E-state index in [1.165, 1.54) is 0 Å². The zero-order valence-corrected chi connectivity index (χ0v) is 8.41. The highest BCUT2D eigenvalue weighted by molar-refractivity contribution is 7.90. The Balaban J connectivity index is 2.59. The predicted molar refractivity (Wildman–Crippen MR) is 58.9 cm³/mol. The molecule has 1 aliphatic rings. The molecule has 0 atom stereocenters. The molecule has 1 aromatic rings. The first-order valence-electron chi connectivity index (χ1n) is 3.69. The first kappa shape index (κ1) is 9.17. The summed E-state index contributed by atoms with van der Waals surface area (Å²) in [6.07, 6.45) is 3.33. The van der Waals surface area contributed by atoms with E-state index < -0.39 is 5.97 Å². The van der Waals surface area contributed by atoms with E-state index in [-0.39, 0.29) is 5.82 Å². The number of allylic oxidation sites excluding steroid dienone is 1. The lowest BCUT2D eigenvalue weighted by Crippen LogP contribution is -2.13. The molecule has 1 aliphatic carbocycles.